The maximum absolute atomic E-state index is 11.8. The molecule has 1 rings (SSSR count). The molecule has 0 aromatic heterocycles. The smallest absolute Gasteiger partial charge is 0.317 e. The first kappa shape index (κ1) is 15.3. The van der Waals surface area contributed by atoms with Gasteiger partial charge in [0.1, 0.15) is 6.54 Å². The number of nitrogens with one attached hydrogen (secondary N) is 2. The number of hydrogen-bond donors (Lipinski definition) is 3. The lowest BCUT2D eigenvalue weighted by molar-refractivity contribution is -0.142. The van der Waals surface area contributed by atoms with E-state index in [-0.39, 0.29) is 18.5 Å². The molecule has 19 heavy (non-hydrogen) atoms. The zero-order chi connectivity index (χ0) is 14.4. The molecule has 0 radical (unpaired) electrons. The first-order valence-electron chi connectivity index (χ1n) is 6.46. The minimum absolute atomic E-state index is 0.0376. The van der Waals surface area contributed by atoms with Gasteiger partial charge in [-0.1, -0.05) is 6.42 Å². The minimum Gasteiger partial charge on any atom is -0.481 e. The van der Waals surface area contributed by atoms with Crippen molar-refractivity contribution in [1.29, 1.82) is 0 Å². The van der Waals surface area contributed by atoms with E-state index < -0.39 is 17.9 Å². The van der Waals surface area contributed by atoms with Gasteiger partial charge in [-0.2, -0.15) is 0 Å². The summed E-state index contributed by atoms with van der Waals surface area (Å²) in [5.74, 6) is -1.64. The van der Waals surface area contributed by atoms with Crippen molar-refractivity contribution in [1.82, 2.24) is 15.5 Å². The second-order valence-electron chi connectivity index (χ2n) is 4.74. The monoisotopic (exact) mass is 271 g/mol. The van der Waals surface area contributed by atoms with Crippen molar-refractivity contribution in [3.8, 4) is 0 Å². The standard InChI is InChI=1S/C12H21N3O4/c1-3-13-10(16)7-15(2)12(19)14-9-6-4-5-8(9)11(17)18/h8-9H,3-7H2,1-2H3,(H,13,16)(H,14,19)(H,17,18). The number of carboxylic acids is 1. The number of likely N-dealkylation sites (N-methyl/N-ethyl adjacent to an activating group) is 2. The van der Waals surface area contributed by atoms with E-state index in [1.54, 1.807) is 6.92 Å². The van der Waals surface area contributed by atoms with Gasteiger partial charge in [-0.25, -0.2) is 4.79 Å². The third kappa shape index (κ3) is 4.42. The highest BCUT2D eigenvalue weighted by Crippen LogP contribution is 2.25. The molecular weight excluding hydrogens is 250 g/mol. The van der Waals surface area contributed by atoms with Crippen LogP contribution < -0.4 is 10.6 Å². The quantitative estimate of drug-likeness (QED) is 0.656. The van der Waals surface area contributed by atoms with Crippen LogP contribution in [0.15, 0.2) is 0 Å². The first-order valence-corrected chi connectivity index (χ1v) is 6.46. The second-order valence-corrected chi connectivity index (χ2v) is 4.74. The summed E-state index contributed by atoms with van der Waals surface area (Å²) in [6.07, 6.45) is 2.04. The molecule has 1 aliphatic carbocycles. The SMILES string of the molecule is CCNC(=O)CN(C)C(=O)NC1CCCC1C(=O)O. The zero-order valence-electron chi connectivity index (χ0n) is 11.3. The van der Waals surface area contributed by atoms with Crippen molar-refractivity contribution in [2.75, 3.05) is 20.1 Å². The van der Waals surface area contributed by atoms with Gasteiger partial charge in [0.25, 0.3) is 0 Å². The summed E-state index contributed by atoms with van der Waals surface area (Å²) in [6.45, 7) is 2.27. The number of nitrogens with zero attached hydrogens (tertiary/aromatic N) is 1. The lowest BCUT2D eigenvalue weighted by Crippen LogP contribution is -2.48. The van der Waals surface area contributed by atoms with Crippen molar-refractivity contribution < 1.29 is 19.5 Å². The van der Waals surface area contributed by atoms with Crippen LogP contribution in [0.1, 0.15) is 26.2 Å². The molecule has 1 aliphatic rings. The van der Waals surface area contributed by atoms with Gasteiger partial charge in [0.2, 0.25) is 5.91 Å². The maximum Gasteiger partial charge on any atom is 0.317 e. The van der Waals surface area contributed by atoms with Gasteiger partial charge in [-0.3, -0.25) is 9.59 Å². The normalized spacial score (nSPS) is 21.8. The van der Waals surface area contributed by atoms with E-state index in [2.05, 4.69) is 10.6 Å². The van der Waals surface area contributed by atoms with Crippen molar-refractivity contribution in [2.45, 2.75) is 32.2 Å². The molecule has 0 heterocycles. The highest BCUT2D eigenvalue weighted by Gasteiger charge is 2.34. The molecule has 3 amide bonds. The Morgan fingerprint density at radius 3 is 2.58 bits per heavy atom. The summed E-state index contributed by atoms with van der Waals surface area (Å²) in [5.41, 5.74) is 0. The van der Waals surface area contributed by atoms with Crippen LogP contribution in [0.3, 0.4) is 0 Å². The van der Waals surface area contributed by atoms with Crippen LogP contribution in [0.25, 0.3) is 0 Å². The number of urea groups is 1. The Morgan fingerprint density at radius 1 is 1.32 bits per heavy atom. The largest absolute Gasteiger partial charge is 0.481 e. The van der Waals surface area contributed by atoms with E-state index in [0.717, 1.165) is 6.42 Å². The molecule has 7 nitrogen and oxygen atoms in total. The zero-order valence-corrected chi connectivity index (χ0v) is 11.3. The highest BCUT2D eigenvalue weighted by atomic mass is 16.4. The average molecular weight is 271 g/mol. The van der Waals surface area contributed by atoms with Gasteiger partial charge < -0.3 is 20.6 Å². The molecule has 0 aromatic rings. The van der Waals surface area contributed by atoms with Crippen molar-refractivity contribution in [3.05, 3.63) is 0 Å². The highest BCUT2D eigenvalue weighted by molar-refractivity contribution is 5.84. The number of rotatable bonds is 5. The van der Waals surface area contributed by atoms with Gasteiger partial charge >= 0.3 is 12.0 Å². The van der Waals surface area contributed by atoms with E-state index in [4.69, 9.17) is 5.11 Å². The molecule has 0 aromatic carbocycles. The number of carbonyl (C=O) groups is 3. The Bertz CT molecular complexity index is 359. The van der Waals surface area contributed by atoms with Crippen molar-refractivity contribution >= 4 is 17.9 Å². The van der Waals surface area contributed by atoms with E-state index in [0.29, 0.717) is 19.4 Å². The van der Waals surface area contributed by atoms with Crippen molar-refractivity contribution in [2.24, 2.45) is 5.92 Å². The van der Waals surface area contributed by atoms with E-state index in [1.807, 2.05) is 0 Å². The lowest BCUT2D eigenvalue weighted by atomic mass is 10.0. The Kier molecular flexibility index (Phi) is 5.59. The van der Waals surface area contributed by atoms with Crippen LogP contribution in [-0.2, 0) is 9.59 Å². The van der Waals surface area contributed by atoms with Gasteiger partial charge in [-0.05, 0) is 19.8 Å². The first-order chi connectivity index (χ1) is 8.95. The summed E-state index contributed by atoms with van der Waals surface area (Å²) >= 11 is 0. The van der Waals surface area contributed by atoms with E-state index >= 15 is 0 Å². The van der Waals surface area contributed by atoms with Crippen LogP contribution in [0.2, 0.25) is 0 Å². The van der Waals surface area contributed by atoms with Crippen LogP contribution in [0.4, 0.5) is 4.79 Å². The van der Waals surface area contributed by atoms with Crippen LogP contribution in [0, 0.1) is 5.92 Å². The molecular formula is C12H21N3O4. The molecule has 1 saturated carbocycles. The van der Waals surface area contributed by atoms with Gasteiger partial charge in [0.15, 0.2) is 0 Å². The summed E-state index contributed by atoms with van der Waals surface area (Å²) in [7, 11) is 1.51. The molecule has 7 heteroatoms. The minimum atomic E-state index is -0.880. The fourth-order valence-corrected chi connectivity index (χ4v) is 2.24. The number of amides is 3. The number of carboxylic acid groups (broad SMARTS) is 1. The maximum atomic E-state index is 11.8. The van der Waals surface area contributed by atoms with E-state index in [1.165, 1.54) is 11.9 Å². The summed E-state index contributed by atoms with van der Waals surface area (Å²) in [5, 5.41) is 14.3. The Morgan fingerprint density at radius 2 is 2.00 bits per heavy atom. The van der Waals surface area contributed by atoms with Crippen LogP contribution in [0.5, 0.6) is 0 Å². The third-order valence-corrected chi connectivity index (χ3v) is 3.24. The summed E-state index contributed by atoms with van der Waals surface area (Å²) < 4.78 is 0. The molecule has 1 fully saturated rings. The van der Waals surface area contributed by atoms with Gasteiger partial charge in [0.05, 0.1) is 5.92 Å². The molecule has 0 aliphatic heterocycles. The predicted molar refractivity (Wildman–Crippen MR) is 68.6 cm³/mol. The topological polar surface area (TPSA) is 98.7 Å². The van der Waals surface area contributed by atoms with Crippen molar-refractivity contribution in [3.63, 3.8) is 0 Å². The summed E-state index contributed by atoms with van der Waals surface area (Å²) in [4.78, 5) is 35.4. The molecule has 2 atom stereocenters. The molecule has 0 saturated heterocycles. The predicted octanol–water partition coefficient (Wildman–Crippen LogP) is 0.0172. The number of aliphatic carboxylic acids is 1. The fourth-order valence-electron chi connectivity index (χ4n) is 2.24. The average Bonchev–Trinajstić information content (AvgIpc) is 2.77. The van der Waals surface area contributed by atoms with Gasteiger partial charge in [0, 0.05) is 19.6 Å². The fraction of sp³-hybridized carbons (Fsp3) is 0.750. The number of carbonyl (C=O) groups excluding carboxylic acids is 2. The molecule has 2 unspecified atom stereocenters. The molecule has 3 N–H and O–H groups in total. The molecule has 108 valence electrons. The Labute approximate surface area is 112 Å². The van der Waals surface area contributed by atoms with E-state index in [9.17, 15) is 14.4 Å². The van der Waals surface area contributed by atoms with Crippen LogP contribution >= 0.6 is 0 Å². The van der Waals surface area contributed by atoms with Crippen LogP contribution in [-0.4, -0.2) is 54.1 Å². The molecule has 0 spiro atoms. The number of hydrogen-bond acceptors (Lipinski definition) is 3. The summed E-state index contributed by atoms with van der Waals surface area (Å²) in [6, 6.07) is -0.758. The van der Waals surface area contributed by atoms with Gasteiger partial charge in [-0.15, -0.1) is 0 Å². The lowest BCUT2D eigenvalue weighted by Gasteiger charge is -2.22. The Hall–Kier alpha value is -1.79. The molecule has 0 bridgehead atoms. The third-order valence-electron chi connectivity index (χ3n) is 3.24. The second kappa shape index (κ2) is 6.96. The Balaban J connectivity index is 2.45.